The fourth-order valence-corrected chi connectivity index (χ4v) is 0.784. The first-order valence-electron chi connectivity index (χ1n) is 4.41. The Balaban J connectivity index is 0. The lowest BCUT2D eigenvalue weighted by Gasteiger charge is -2.22. The van der Waals surface area contributed by atoms with Crippen LogP contribution in [-0.2, 0) is 4.74 Å². The highest BCUT2D eigenvalue weighted by Gasteiger charge is 2.28. The molecule has 0 amide bonds. The predicted molar refractivity (Wildman–Crippen MR) is 50.0 cm³/mol. The first-order valence-corrected chi connectivity index (χ1v) is 4.41. The molecular weight excluding hydrogens is 190 g/mol. The highest BCUT2D eigenvalue weighted by Crippen LogP contribution is 2.11. The number of likely N-dealkylation sites (N-methyl/N-ethyl adjacent to an activating group) is 1. The van der Waals surface area contributed by atoms with Crippen molar-refractivity contribution in [3.8, 4) is 0 Å². The molecule has 0 aromatic carbocycles. The number of epoxide rings is 1. The molecule has 0 radical (unpaired) electrons. The summed E-state index contributed by atoms with van der Waals surface area (Å²) >= 11 is 0. The summed E-state index contributed by atoms with van der Waals surface area (Å²) in [5.41, 5.74) is 0. The lowest BCUT2D eigenvalue weighted by molar-refractivity contribution is -0.870. The van der Waals surface area contributed by atoms with Crippen molar-refractivity contribution in [2.24, 2.45) is 0 Å². The Kier molecular flexibility index (Phi) is 7.93. The van der Waals surface area contributed by atoms with Gasteiger partial charge < -0.3 is 26.7 Å². The first-order chi connectivity index (χ1) is 5.31. The zero-order valence-corrected chi connectivity index (χ0v) is 10.0. The minimum absolute atomic E-state index is 0. The van der Waals surface area contributed by atoms with Crippen LogP contribution in [0.1, 0.15) is 13.8 Å². The molecule has 0 saturated carbocycles. The van der Waals surface area contributed by atoms with E-state index in [1.54, 1.807) is 13.8 Å². The van der Waals surface area contributed by atoms with E-state index >= 15 is 0 Å². The van der Waals surface area contributed by atoms with E-state index in [0.717, 1.165) is 17.6 Å². The quantitative estimate of drug-likeness (QED) is 0.404. The molecule has 13 heavy (non-hydrogen) atoms. The Bertz CT molecular complexity index is 117. The smallest absolute Gasteiger partial charge is 0.130 e. The van der Waals surface area contributed by atoms with Crippen molar-refractivity contribution in [2.75, 3.05) is 34.3 Å². The molecule has 0 aromatic heterocycles. The lowest BCUT2D eigenvalue weighted by Crippen LogP contribution is -3.00. The maximum Gasteiger partial charge on any atom is 0.130 e. The molecule has 82 valence electrons. The van der Waals surface area contributed by atoms with Gasteiger partial charge in [-0.25, -0.2) is 0 Å². The molecule has 1 fully saturated rings. The monoisotopic (exact) mass is 211 g/mol. The molecule has 1 saturated heterocycles. The summed E-state index contributed by atoms with van der Waals surface area (Å²) in [5.74, 6) is 0. The summed E-state index contributed by atoms with van der Waals surface area (Å²) in [6.45, 7) is 5.58. The van der Waals surface area contributed by atoms with Crippen LogP contribution in [0.25, 0.3) is 0 Å². The van der Waals surface area contributed by atoms with Crippen LogP contribution in [0.5, 0.6) is 0 Å². The molecule has 1 rings (SSSR count). The van der Waals surface area contributed by atoms with E-state index in [4.69, 9.17) is 9.84 Å². The highest BCUT2D eigenvalue weighted by molar-refractivity contribution is 4.66. The molecule has 1 aliphatic rings. The van der Waals surface area contributed by atoms with Crippen LogP contribution in [0.15, 0.2) is 0 Å². The van der Waals surface area contributed by atoms with Crippen LogP contribution < -0.4 is 12.4 Å². The summed E-state index contributed by atoms with van der Waals surface area (Å²) in [5, 5.41) is 8.06. The van der Waals surface area contributed by atoms with E-state index in [2.05, 4.69) is 21.1 Å². The number of hydrogen-bond acceptors (Lipinski definition) is 2. The van der Waals surface area contributed by atoms with Gasteiger partial charge >= 0.3 is 0 Å². The SMILES string of the molecule is CC(C)O.C[N+](C)(C)CC1CO1.[Cl-]. The first kappa shape index (κ1) is 15.6. The van der Waals surface area contributed by atoms with Gasteiger partial charge in [-0.2, -0.15) is 0 Å². The molecule has 0 bridgehead atoms. The second-order valence-corrected chi connectivity index (χ2v) is 4.52. The van der Waals surface area contributed by atoms with Gasteiger partial charge in [-0.15, -0.1) is 0 Å². The minimum atomic E-state index is -0.167. The lowest BCUT2D eigenvalue weighted by atomic mass is 10.4. The maximum absolute atomic E-state index is 8.06. The molecule has 1 heterocycles. The molecule has 4 heteroatoms. The summed E-state index contributed by atoms with van der Waals surface area (Å²) in [7, 11) is 6.55. The Hall–Kier alpha value is 0.170. The van der Waals surface area contributed by atoms with E-state index in [-0.39, 0.29) is 18.5 Å². The van der Waals surface area contributed by atoms with Gasteiger partial charge in [0.1, 0.15) is 12.6 Å². The predicted octanol–water partition coefficient (Wildman–Crippen LogP) is -2.52. The second-order valence-electron chi connectivity index (χ2n) is 4.52. The zero-order valence-electron chi connectivity index (χ0n) is 9.25. The Morgan fingerprint density at radius 1 is 1.38 bits per heavy atom. The average Bonchev–Trinajstić information content (AvgIpc) is 2.42. The van der Waals surface area contributed by atoms with Gasteiger partial charge in [0.25, 0.3) is 0 Å². The number of nitrogens with zero attached hydrogens (tertiary/aromatic N) is 1. The normalized spacial score (nSPS) is 20.1. The molecular formula is C9H22ClNO2. The number of aliphatic hydroxyl groups is 1. The minimum Gasteiger partial charge on any atom is -1.00 e. The molecule has 1 unspecified atom stereocenters. The van der Waals surface area contributed by atoms with Crippen LogP contribution in [-0.4, -0.2) is 56.1 Å². The molecule has 1 aliphatic heterocycles. The molecule has 0 spiro atoms. The van der Waals surface area contributed by atoms with Crippen molar-refractivity contribution in [3.63, 3.8) is 0 Å². The fourth-order valence-electron chi connectivity index (χ4n) is 0.784. The van der Waals surface area contributed by atoms with E-state index in [1.807, 2.05) is 0 Å². The molecule has 1 atom stereocenters. The fraction of sp³-hybridized carbons (Fsp3) is 1.00. The van der Waals surface area contributed by atoms with Crippen molar-refractivity contribution in [3.05, 3.63) is 0 Å². The molecule has 1 N–H and O–H groups in total. The van der Waals surface area contributed by atoms with E-state index in [0.29, 0.717) is 6.10 Å². The van der Waals surface area contributed by atoms with Crippen molar-refractivity contribution in [1.82, 2.24) is 0 Å². The number of rotatable bonds is 2. The van der Waals surface area contributed by atoms with Gasteiger partial charge in [0.15, 0.2) is 0 Å². The summed E-state index contributed by atoms with van der Waals surface area (Å²) in [4.78, 5) is 0. The van der Waals surface area contributed by atoms with E-state index < -0.39 is 0 Å². The number of quaternary nitrogens is 1. The van der Waals surface area contributed by atoms with Gasteiger partial charge in [-0.1, -0.05) is 0 Å². The number of hydrogen-bond donors (Lipinski definition) is 1. The van der Waals surface area contributed by atoms with Gasteiger partial charge in [0, 0.05) is 6.10 Å². The third-order valence-corrected chi connectivity index (χ3v) is 1.15. The number of halogens is 1. The summed E-state index contributed by atoms with van der Waals surface area (Å²) in [6.07, 6.45) is 0.398. The average molecular weight is 212 g/mol. The van der Waals surface area contributed by atoms with Crippen LogP contribution in [0.3, 0.4) is 0 Å². The Labute approximate surface area is 87.7 Å². The van der Waals surface area contributed by atoms with Gasteiger partial charge in [-0.3, -0.25) is 0 Å². The Morgan fingerprint density at radius 2 is 1.69 bits per heavy atom. The molecule has 0 aliphatic carbocycles. The highest BCUT2D eigenvalue weighted by atomic mass is 35.5. The van der Waals surface area contributed by atoms with Gasteiger partial charge in [0.2, 0.25) is 0 Å². The standard InChI is InChI=1S/C6H14NO.C3H8O.ClH/c1-7(2,3)4-6-5-8-6;1-3(2)4;/h6H,4-5H2,1-3H3;3-4H,1-2H3;1H/q+1;;/p-1. The number of aliphatic hydroxyl groups excluding tert-OH is 1. The zero-order chi connectivity index (χ0) is 9.78. The van der Waals surface area contributed by atoms with E-state index in [9.17, 15) is 0 Å². The van der Waals surface area contributed by atoms with Crippen LogP contribution in [0.2, 0.25) is 0 Å². The van der Waals surface area contributed by atoms with Gasteiger partial charge in [-0.05, 0) is 13.8 Å². The van der Waals surface area contributed by atoms with Crippen molar-refractivity contribution in [1.29, 1.82) is 0 Å². The topological polar surface area (TPSA) is 32.8 Å². The van der Waals surface area contributed by atoms with Crippen LogP contribution >= 0.6 is 0 Å². The van der Waals surface area contributed by atoms with Gasteiger partial charge in [0.05, 0.1) is 27.7 Å². The maximum atomic E-state index is 8.06. The number of ether oxygens (including phenoxy) is 1. The van der Waals surface area contributed by atoms with Crippen molar-refractivity contribution in [2.45, 2.75) is 26.1 Å². The van der Waals surface area contributed by atoms with E-state index in [1.165, 1.54) is 0 Å². The van der Waals surface area contributed by atoms with Crippen molar-refractivity contribution >= 4 is 0 Å². The largest absolute Gasteiger partial charge is 1.00 e. The summed E-state index contributed by atoms with van der Waals surface area (Å²) < 4.78 is 6.09. The second kappa shape index (κ2) is 6.60. The third kappa shape index (κ3) is 18.9. The third-order valence-electron chi connectivity index (χ3n) is 1.15. The van der Waals surface area contributed by atoms with Crippen LogP contribution in [0, 0.1) is 0 Å². The molecule has 0 aromatic rings. The van der Waals surface area contributed by atoms with Crippen molar-refractivity contribution < 1.29 is 26.7 Å². The Morgan fingerprint density at radius 3 is 1.77 bits per heavy atom. The molecule has 3 nitrogen and oxygen atoms in total. The summed E-state index contributed by atoms with van der Waals surface area (Å²) in [6, 6.07) is 0. The van der Waals surface area contributed by atoms with Crippen LogP contribution in [0.4, 0.5) is 0 Å².